The monoisotopic (exact) mass is 239 g/mol. The second-order valence-corrected chi connectivity index (χ2v) is 5.23. The number of anilines is 1. The van der Waals surface area contributed by atoms with E-state index in [1.54, 1.807) is 23.9 Å². The Bertz CT molecular complexity index is 377. The molecule has 3 nitrogen and oxygen atoms in total. The number of carboxylic acids is 1. The second-order valence-electron chi connectivity index (χ2n) is 4.09. The average molecular weight is 239 g/mol. The molecule has 0 aliphatic heterocycles. The molecule has 1 rings (SSSR count). The first-order chi connectivity index (χ1) is 7.50. The maximum Gasteiger partial charge on any atom is 0.336 e. The molecule has 0 bridgehead atoms. The number of thioether (sulfide) groups is 1. The summed E-state index contributed by atoms with van der Waals surface area (Å²) in [7, 11) is 0. The maximum absolute atomic E-state index is 11.0. The van der Waals surface area contributed by atoms with Crippen molar-refractivity contribution < 1.29 is 9.90 Å². The lowest BCUT2D eigenvalue weighted by atomic mass is 10.2. The number of aromatic carboxylic acids is 1. The summed E-state index contributed by atoms with van der Waals surface area (Å²) in [5.74, 6) is 0.649. The number of carboxylic acid groups (broad SMARTS) is 1. The van der Waals surface area contributed by atoms with Gasteiger partial charge >= 0.3 is 5.97 Å². The molecular formula is C12H17NO2S. The van der Waals surface area contributed by atoms with Crippen LogP contribution in [0.3, 0.4) is 0 Å². The van der Waals surface area contributed by atoms with Crippen molar-refractivity contribution in [3.05, 3.63) is 23.8 Å². The van der Waals surface area contributed by atoms with Gasteiger partial charge in [0.1, 0.15) is 0 Å². The van der Waals surface area contributed by atoms with E-state index >= 15 is 0 Å². The average Bonchev–Trinajstić information content (AvgIpc) is 2.19. The third kappa shape index (κ3) is 3.77. The summed E-state index contributed by atoms with van der Waals surface area (Å²) in [6.45, 7) is 4.31. The minimum Gasteiger partial charge on any atom is -0.478 e. The summed E-state index contributed by atoms with van der Waals surface area (Å²) < 4.78 is 0. The highest BCUT2D eigenvalue weighted by Gasteiger charge is 2.10. The van der Waals surface area contributed by atoms with Crippen LogP contribution in [0.1, 0.15) is 30.6 Å². The van der Waals surface area contributed by atoms with Crippen molar-refractivity contribution in [3.63, 3.8) is 0 Å². The van der Waals surface area contributed by atoms with Gasteiger partial charge < -0.3 is 10.8 Å². The van der Waals surface area contributed by atoms with E-state index in [0.29, 0.717) is 17.2 Å². The summed E-state index contributed by atoms with van der Waals surface area (Å²) in [5.41, 5.74) is 6.36. The van der Waals surface area contributed by atoms with Crippen LogP contribution in [0.2, 0.25) is 0 Å². The molecule has 16 heavy (non-hydrogen) atoms. The third-order valence-corrected chi connectivity index (χ3v) is 3.29. The Labute approximate surface area is 100 Å². The molecule has 0 spiro atoms. The lowest BCUT2D eigenvalue weighted by molar-refractivity contribution is 0.0693. The number of nitrogen functional groups attached to an aromatic ring is 1. The van der Waals surface area contributed by atoms with E-state index in [0.717, 1.165) is 17.1 Å². The van der Waals surface area contributed by atoms with Crippen molar-refractivity contribution in [2.75, 3.05) is 11.5 Å². The van der Waals surface area contributed by atoms with Crippen LogP contribution >= 0.6 is 11.8 Å². The van der Waals surface area contributed by atoms with Gasteiger partial charge in [-0.3, -0.25) is 0 Å². The molecular weight excluding hydrogens is 222 g/mol. The molecule has 0 heterocycles. The van der Waals surface area contributed by atoms with Crippen LogP contribution in [0.15, 0.2) is 23.1 Å². The van der Waals surface area contributed by atoms with E-state index < -0.39 is 5.97 Å². The van der Waals surface area contributed by atoms with Gasteiger partial charge in [-0.15, -0.1) is 11.8 Å². The minimum absolute atomic E-state index is 0.300. The van der Waals surface area contributed by atoms with Crippen LogP contribution in [0.5, 0.6) is 0 Å². The Morgan fingerprint density at radius 1 is 1.50 bits per heavy atom. The van der Waals surface area contributed by atoms with E-state index in [1.165, 1.54) is 6.07 Å². The summed E-state index contributed by atoms with van der Waals surface area (Å²) in [6.07, 6.45) is 1.08. The van der Waals surface area contributed by atoms with Crippen molar-refractivity contribution in [2.24, 2.45) is 5.92 Å². The van der Waals surface area contributed by atoms with E-state index in [1.807, 2.05) is 0 Å². The van der Waals surface area contributed by atoms with Crippen molar-refractivity contribution in [3.8, 4) is 0 Å². The van der Waals surface area contributed by atoms with Gasteiger partial charge in [0.15, 0.2) is 0 Å². The Hall–Kier alpha value is -1.16. The number of rotatable bonds is 5. The number of carbonyl (C=O) groups is 1. The highest BCUT2D eigenvalue weighted by molar-refractivity contribution is 7.99. The molecule has 0 aromatic heterocycles. The van der Waals surface area contributed by atoms with E-state index in [-0.39, 0.29) is 0 Å². The molecule has 1 aromatic carbocycles. The molecule has 88 valence electrons. The quantitative estimate of drug-likeness (QED) is 0.612. The van der Waals surface area contributed by atoms with Crippen LogP contribution in [0.4, 0.5) is 5.69 Å². The normalized spacial score (nSPS) is 10.7. The van der Waals surface area contributed by atoms with Gasteiger partial charge in [0, 0.05) is 10.6 Å². The minimum atomic E-state index is -0.917. The standard InChI is InChI=1S/C12H17NO2S/c1-8(2)5-6-16-11-4-3-9(13)7-10(11)12(14)15/h3-4,7-8H,5-6,13H2,1-2H3,(H,14,15). The molecule has 0 fully saturated rings. The number of hydrogen-bond acceptors (Lipinski definition) is 3. The molecule has 0 saturated carbocycles. The van der Waals surface area contributed by atoms with Gasteiger partial charge in [-0.1, -0.05) is 13.8 Å². The molecule has 0 atom stereocenters. The number of nitrogens with two attached hydrogens (primary N) is 1. The fraction of sp³-hybridized carbons (Fsp3) is 0.417. The Morgan fingerprint density at radius 3 is 2.75 bits per heavy atom. The van der Waals surface area contributed by atoms with Crippen molar-refractivity contribution in [2.45, 2.75) is 25.2 Å². The largest absolute Gasteiger partial charge is 0.478 e. The smallest absolute Gasteiger partial charge is 0.336 e. The molecule has 0 saturated heterocycles. The predicted octanol–water partition coefficient (Wildman–Crippen LogP) is 3.11. The van der Waals surface area contributed by atoms with Gasteiger partial charge in [0.05, 0.1) is 5.56 Å². The van der Waals surface area contributed by atoms with Gasteiger partial charge in [-0.2, -0.15) is 0 Å². The molecule has 1 aromatic rings. The fourth-order valence-electron chi connectivity index (χ4n) is 1.25. The van der Waals surface area contributed by atoms with E-state index in [2.05, 4.69) is 13.8 Å². The van der Waals surface area contributed by atoms with E-state index in [9.17, 15) is 4.79 Å². The fourth-order valence-corrected chi connectivity index (χ4v) is 2.52. The zero-order valence-electron chi connectivity index (χ0n) is 9.56. The van der Waals surface area contributed by atoms with Gasteiger partial charge in [-0.25, -0.2) is 4.79 Å². The zero-order valence-corrected chi connectivity index (χ0v) is 10.4. The van der Waals surface area contributed by atoms with Crippen LogP contribution in [0.25, 0.3) is 0 Å². The lowest BCUT2D eigenvalue weighted by Gasteiger charge is -2.08. The molecule has 0 aliphatic rings. The topological polar surface area (TPSA) is 63.3 Å². The van der Waals surface area contributed by atoms with Crippen LogP contribution in [-0.4, -0.2) is 16.8 Å². The molecule has 0 amide bonds. The van der Waals surface area contributed by atoms with E-state index in [4.69, 9.17) is 10.8 Å². The summed E-state index contributed by atoms with van der Waals surface area (Å²) in [5, 5.41) is 9.03. The summed E-state index contributed by atoms with van der Waals surface area (Å²) in [4.78, 5) is 11.8. The third-order valence-electron chi connectivity index (χ3n) is 2.19. The number of hydrogen-bond donors (Lipinski definition) is 2. The number of benzene rings is 1. The SMILES string of the molecule is CC(C)CCSc1ccc(N)cc1C(=O)O. The molecule has 4 heteroatoms. The Balaban J connectivity index is 2.75. The first-order valence-electron chi connectivity index (χ1n) is 5.26. The van der Waals surface area contributed by atoms with Crippen LogP contribution in [0, 0.1) is 5.92 Å². The summed E-state index contributed by atoms with van der Waals surface area (Å²) in [6, 6.07) is 5.04. The van der Waals surface area contributed by atoms with Crippen LogP contribution < -0.4 is 5.73 Å². The van der Waals surface area contributed by atoms with Gasteiger partial charge in [0.2, 0.25) is 0 Å². The molecule has 0 radical (unpaired) electrons. The van der Waals surface area contributed by atoms with Crippen molar-refractivity contribution in [1.29, 1.82) is 0 Å². The first kappa shape index (κ1) is 12.9. The predicted molar refractivity (Wildman–Crippen MR) is 68.0 cm³/mol. The van der Waals surface area contributed by atoms with Gasteiger partial charge in [-0.05, 0) is 36.3 Å². The molecule has 0 unspecified atom stereocenters. The van der Waals surface area contributed by atoms with Crippen LogP contribution in [-0.2, 0) is 0 Å². The second kappa shape index (κ2) is 5.80. The summed E-state index contributed by atoms with van der Waals surface area (Å²) >= 11 is 1.58. The maximum atomic E-state index is 11.0. The molecule has 0 aliphatic carbocycles. The Kier molecular flexibility index (Phi) is 4.68. The zero-order chi connectivity index (χ0) is 12.1. The van der Waals surface area contributed by atoms with Crippen molar-refractivity contribution in [1.82, 2.24) is 0 Å². The lowest BCUT2D eigenvalue weighted by Crippen LogP contribution is -2.01. The molecule has 3 N–H and O–H groups in total. The van der Waals surface area contributed by atoms with Crippen molar-refractivity contribution >= 4 is 23.4 Å². The Morgan fingerprint density at radius 2 is 2.19 bits per heavy atom. The highest BCUT2D eigenvalue weighted by Crippen LogP contribution is 2.26. The highest BCUT2D eigenvalue weighted by atomic mass is 32.2. The first-order valence-corrected chi connectivity index (χ1v) is 6.25. The van der Waals surface area contributed by atoms with Gasteiger partial charge in [0.25, 0.3) is 0 Å².